The maximum atomic E-state index is 12.5. The fourth-order valence-electron chi connectivity index (χ4n) is 3.53. The molecular formula is C18H24N6O2. The second-order valence-corrected chi connectivity index (χ2v) is 7.27. The molecule has 1 aliphatic heterocycles. The second-order valence-electron chi connectivity index (χ2n) is 7.27. The number of hydrogen-bond acceptors (Lipinski definition) is 5. The minimum Gasteiger partial charge on any atom is -0.349 e. The zero-order chi connectivity index (χ0) is 18.3. The quantitative estimate of drug-likeness (QED) is 0.881. The van der Waals surface area contributed by atoms with Crippen molar-refractivity contribution < 1.29 is 9.59 Å². The number of hydrogen-bond donors (Lipinski definition) is 1. The van der Waals surface area contributed by atoms with E-state index in [9.17, 15) is 9.59 Å². The van der Waals surface area contributed by atoms with Crippen molar-refractivity contribution in [2.24, 2.45) is 0 Å². The van der Waals surface area contributed by atoms with Crippen LogP contribution in [0.5, 0.6) is 0 Å². The Morgan fingerprint density at radius 1 is 1.19 bits per heavy atom. The van der Waals surface area contributed by atoms with Crippen LogP contribution in [0, 0.1) is 0 Å². The van der Waals surface area contributed by atoms with Crippen molar-refractivity contribution >= 4 is 17.5 Å². The maximum Gasteiger partial charge on any atom is 0.252 e. The number of carbonyl (C=O) groups is 2. The average Bonchev–Trinajstić information content (AvgIpc) is 3.01. The molecule has 0 bridgehead atoms. The van der Waals surface area contributed by atoms with Crippen LogP contribution in [0.1, 0.15) is 48.4 Å². The molecule has 3 heterocycles. The van der Waals surface area contributed by atoms with E-state index in [0.29, 0.717) is 30.3 Å². The molecule has 0 aromatic carbocycles. The van der Waals surface area contributed by atoms with Crippen LogP contribution in [-0.4, -0.2) is 68.9 Å². The molecule has 1 saturated heterocycles. The molecule has 4 rings (SSSR count). The van der Waals surface area contributed by atoms with Crippen LogP contribution in [0.25, 0.3) is 5.65 Å². The Bertz CT molecular complexity index is 843. The molecule has 8 nitrogen and oxygen atoms in total. The van der Waals surface area contributed by atoms with Crippen LogP contribution in [0.15, 0.2) is 18.3 Å². The Labute approximate surface area is 152 Å². The lowest BCUT2D eigenvalue weighted by atomic mass is 9.93. The third-order valence-electron chi connectivity index (χ3n) is 5.52. The van der Waals surface area contributed by atoms with Crippen molar-refractivity contribution in [2.75, 3.05) is 26.7 Å². The number of piperazine rings is 1. The molecule has 1 unspecified atom stereocenters. The van der Waals surface area contributed by atoms with E-state index in [0.717, 1.165) is 25.2 Å². The first-order valence-corrected chi connectivity index (χ1v) is 9.14. The molecule has 2 aromatic heterocycles. The lowest BCUT2D eigenvalue weighted by Gasteiger charge is -2.38. The van der Waals surface area contributed by atoms with Gasteiger partial charge in [-0.1, -0.05) is 0 Å². The van der Waals surface area contributed by atoms with Crippen LogP contribution in [-0.2, 0) is 4.79 Å². The Hall–Kier alpha value is -2.48. The molecule has 26 heavy (non-hydrogen) atoms. The fourth-order valence-corrected chi connectivity index (χ4v) is 3.53. The van der Waals surface area contributed by atoms with Gasteiger partial charge in [-0.3, -0.25) is 18.9 Å². The monoisotopic (exact) mass is 356 g/mol. The van der Waals surface area contributed by atoms with Crippen LogP contribution < -0.4 is 5.32 Å². The van der Waals surface area contributed by atoms with Gasteiger partial charge in [-0.15, -0.1) is 10.2 Å². The summed E-state index contributed by atoms with van der Waals surface area (Å²) in [6.45, 7) is 3.66. The number of amides is 2. The van der Waals surface area contributed by atoms with Gasteiger partial charge in [0.2, 0.25) is 5.91 Å². The maximum absolute atomic E-state index is 12.5. The number of aromatic nitrogens is 3. The van der Waals surface area contributed by atoms with Crippen LogP contribution in [0.3, 0.4) is 0 Å². The fraction of sp³-hybridized carbons (Fsp3) is 0.556. The summed E-state index contributed by atoms with van der Waals surface area (Å²) in [6.07, 6.45) is 5.10. The smallest absolute Gasteiger partial charge is 0.252 e. The summed E-state index contributed by atoms with van der Waals surface area (Å²) in [7, 11) is 2.02. The predicted octanol–water partition coefficient (Wildman–Crippen LogP) is 0.847. The van der Waals surface area contributed by atoms with E-state index < -0.39 is 0 Å². The zero-order valence-corrected chi connectivity index (χ0v) is 15.2. The van der Waals surface area contributed by atoms with Crippen molar-refractivity contribution in [3.63, 3.8) is 0 Å². The highest BCUT2D eigenvalue weighted by atomic mass is 16.2. The summed E-state index contributed by atoms with van der Waals surface area (Å²) in [5.74, 6) is 0.767. The number of nitrogens with one attached hydrogen (secondary N) is 1. The number of fused-ring (bicyclic) bond motifs is 1. The third kappa shape index (κ3) is 3.05. The molecule has 1 saturated carbocycles. The zero-order valence-electron chi connectivity index (χ0n) is 15.2. The van der Waals surface area contributed by atoms with Crippen molar-refractivity contribution in [1.29, 1.82) is 0 Å². The highest BCUT2D eigenvalue weighted by molar-refractivity contribution is 5.94. The standard InChI is InChI=1S/C18H24N6O2/c1-12(25)23-9-8-22(2)15(11-23)17-21-20-16-7-6-13(10-24(16)17)18(26)19-14-4-3-5-14/h6-7,10,14-15H,3-5,8-9,11H2,1-2H3,(H,19,26). The van der Waals surface area contributed by atoms with Gasteiger partial charge in [0.05, 0.1) is 11.6 Å². The molecule has 2 fully saturated rings. The molecule has 1 atom stereocenters. The normalized spacial score (nSPS) is 21.6. The van der Waals surface area contributed by atoms with Gasteiger partial charge >= 0.3 is 0 Å². The summed E-state index contributed by atoms with van der Waals surface area (Å²) in [5.41, 5.74) is 1.31. The lowest BCUT2D eigenvalue weighted by Crippen LogP contribution is -2.48. The summed E-state index contributed by atoms with van der Waals surface area (Å²) in [4.78, 5) is 28.3. The molecule has 0 spiro atoms. The summed E-state index contributed by atoms with van der Waals surface area (Å²) in [5, 5.41) is 11.7. The molecular weight excluding hydrogens is 332 g/mol. The number of nitrogens with zero attached hydrogens (tertiary/aromatic N) is 5. The van der Waals surface area contributed by atoms with Gasteiger partial charge < -0.3 is 10.2 Å². The number of pyridine rings is 1. The minimum absolute atomic E-state index is 0.0485. The third-order valence-corrected chi connectivity index (χ3v) is 5.52. The molecule has 138 valence electrons. The number of carbonyl (C=O) groups excluding carboxylic acids is 2. The van der Waals surface area contributed by atoms with E-state index in [1.165, 1.54) is 6.42 Å². The highest BCUT2D eigenvalue weighted by Gasteiger charge is 2.30. The molecule has 1 aliphatic carbocycles. The minimum atomic E-state index is -0.0568. The van der Waals surface area contributed by atoms with Crippen molar-refractivity contribution in [3.8, 4) is 0 Å². The van der Waals surface area contributed by atoms with Crippen molar-refractivity contribution in [3.05, 3.63) is 29.7 Å². The Kier molecular flexibility index (Phi) is 4.36. The van der Waals surface area contributed by atoms with Crippen LogP contribution in [0.2, 0.25) is 0 Å². The van der Waals surface area contributed by atoms with Crippen molar-refractivity contribution in [1.82, 2.24) is 29.7 Å². The summed E-state index contributed by atoms with van der Waals surface area (Å²) < 4.78 is 1.88. The Morgan fingerprint density at radius 3 is 2.69 bits per heavy atom. The van der Waals surface area contributed by atoms with Gasteiger partial charge in [-0.05, 0) is 38.4 Å². The van der Waals surface area contributed by atoms with E-state index in [-0.39, 0.29) is 17.9 Å². The Balaban J connectivity index is 1.63. The summed E-state index contributed by atoms with van der Waals surface area (Å²) >= 11 is 0. The SMILES string of the molecule is CC(=O)N1CCN(C)C(c2nnc3ccc(C(=O)NC4CCC4)cn23)C1. The van der Waals surface area contributed by atoms with E-state index >= 15 is 0 Å². The van der Waals surface area contributed by atoms with Crippen LogP contribution >= 0.6 is 0 Å². The van der Waals surface area contributed by atoms with Gasteiger partial charge in [0.15, 0.2) is 11.5 Å². The first kappa shape index (κ1) is 17.0. The average molecular weight is 356 g/mol. The summed E-state index contributed by atoms with van der Waals surface area (Å²) in [6, 6.07) is 3.85. The molecule has 2 aliphatic rings. The number of rotatable bonds is 3. The molecule has 0 radical (unpaired) electrons. The molecule has 2 amide bonds. The Morgan fingerprint density at radius 2 is 2.00 bits per heavy atom. The van der Waals surface area contributed by atoms with Gasteiger partial charge in [0, 0.05) is 38.8 Å². The second kappa shape index (κ2) is 6.68. The van der Waals surface area contributed by atoms with Crippen molar-refractivity contribution in [2.45, 2.75) is 38.3 Å². The van der Waals surface area contributed by atoms with E-state index in [4.69, 9.17) is 0 Å². The van der Waals surface area contributed by atoms with Gasteiger partial charge in [0.25, 0.3) is 5.91 Å². The molecule has 1 N–H and O–H groups in total. The largest absolute Gasteiger partial charge is 0.349 e. The van der Waals surface area contributed by atoms with Crippen LogP contribution in [0.4, 0.5) is 0 Å². The predicted molar refractivity (Wildman–Crippen MR) is 95.7 cm³/mol. The first-order valence-electron chi connectivity index (χ1n) is 9.14. The number of likely N-dealkylation sites (N-methyl/N-ethyl adjacent to an activating group) is 1. The first-order chi connectivity index (χ1) is 12.5. The lowest BCUT2D eigenvalue weighted by molar-refractivity contribution is -0.131. The van der Waals surface area contributed by atoms with E-state index in [1.54, 1.807) is 19.2 Å². The van der Waals surface area contributed by atoms with E-state index in [2.05, 4.69) is 20.4 Å². The van der Waals surface area contributed by atoms with Gasteiger partial charge in [-0.2, -0.15) is 0 Å². The molecule has 8 heteroatoms. The topological polar surface area (TPSA) is 82.8 Å². The van der Waals surface area contributed by atoms with Gasteiger partial charge in [-0.25, -0.2) is 0 Å². The van der Waals surface area contributed by atoms with E-state index in [1.807, 2.05) is 22.4 Å². The van der Waals surface area contributed by atoms with Gasteiger partial charge in [0.1, 0.15) is 0 Å². The highest BCUT2D eigenvalue weighted by Crippen LogP contribution is 2.24. The molecule has 2 aromatic rings.